The number of thioether (sulfide) groups is 1. The van der Waals surface area contributed by atoms with E-state index < -0.39 is 5.91 Å². The van der Waals surface area contributed by atoms with Crippen molar-refractivity contribution in [2.24, 2.45) is 11.7 Å². The Morgan fingerprint density at radius 1 is 1.18 bits per heavy atom. The quantitative estimate of drug-likeness (QED) is 0.541. The normalized spacial score (nSPS) is 23.7. The van der Waals surface area contributed by atoms with Gasteiger partial charge in [0.2, 0.25) is 0 Å². The maximum Gasteiger partial charge on any atom is 0.262 e. The van der Waals surface area contributed by atoms with Crippen LogP contribution in [0.15, 0.2) is 53.4 Å². The van der Waals surface area contributed by atoms with E-state index in [4.69, 9.17) is 15.2 Å². The first-order valence-electron chi connectivity index (χ1n) is 11.6. The highest BCUT2D eigenvalue weighted by atomic mass is 32.2. The van der Waals surface area contributed by atoms with E-state index in [9.17, 15) is 9.59 Å². The van der Waals surface area contributed by atoms with Gasteiger partial charge in [0.05, 0.1) is 12.0 Å². The predicted molar refractivity (Wildman–Crippen MR) is 135 cm³/mol. The summed E-state index contributed by atoms with van der Waals surface area (Å²) in [7, 11) is 1.53. The van der Waals surface area contributed by atoms with Gasteiger partial charge >= 0.3 is 0 Å². The number of carbonyl (C=O) groups is 2. The molecule has 180 valence electrons. The van der Waals surface area contributed by atoms with Gasteiger partial charge < -0.3 is 25.4 Å². The Kier molecular flexibility index (Phi) is 7.67. The third kappa shape index (κ3) is 5.50. The highest BCUT2D eigenvalue weighted by Crippen LogP contribution is 2.42. The van der Waals surface area contributed by atoms with Crippen molar-refractivity contribution in [2.45, 2.75) is 44.1 Å². The molecule has 1 saturated heterocycles. The van der Waals surface area contributed by atoms with Crippen LogP contribution in [0.25, 0.3) is 6.08 Å². The first-order chi connectivity index (χ1) is 16.5. The molecule has 2 fully saturated rings. The molecule has 2 aromatic carbocycles. The van der Waals surface area contributed by atoms with E-state index in [0.717, 1.165) is 30.5 Å². The molecule has 0 radical (unpaired) electrons. The summed E-state index contributed by atoms with van der Waals surface area (Å²) in [6, 6.07) is 15.6. The molecule has 0 aromatic heterocycles. The summed E-state index contributed by atoms with van der Waals surface area (Å²) in [5.41, 5.74) is 6.80. The number of amides is 2. The monoisotopic (exact) mass is 481 g/mol. The fourth-order valence-corrected chi connectivity index (χ4v) is 5.77. The van der Waals surface area contributed by atoms with Gasteiger partial charge in [0.1, 0.15) is 0 Å². The maximum absolute atomic E-state index is 13.6. The Balaban J connectivity index is 1.61. The lowest BCUT2D eigenvalue weighted by molar-refractivity contribution is -0.129. The highest BCUT2D eigenvalue weighted by molar-refractivity contribution is 8.05. The molecular weight excluding hydrogens is 450 g/mol. The minimum Gasteiger partial charge on any atom is -0.493 e. The van der Waals surface area contributed by atoms with Gasteiger partial charge in [-0.2, -0.15) is 0 Å². The summed E-state index contributed by atoms with van der Waals surface area (Å²) in [5.74, 6) is 0.845. The number of ether oxygens (including phenoxy) is 2. The standard InChI is InChI=1S/C26H31N3O4S/c1-17-8-6-7-11-20(17)29-25(31)23(34-26(29)28-19-9-4-3-5-10-19)15-18-12-13-21(22(14-18)32-2)33-16-24(27)30/h3-5,9-10,12-15,17,20,26,28H,6-8,11,16H2,1-2H3,(H2,27,30)/b23-15-/t17-,20-,26?/m1/s1. The molecule has 7 nitrogen and oxygen atoms in total. The van der Waals surface area contributed by atoms with E-state index in [1.165, 1.54) is 25.3 Å². The zero-order valence-corrected chi connectivity index (χ0v) is 20.3. The summed E-state index contributed by atoms with van der Waals surface area (Å²) in [5, 5.41) is 3.55. The molecule has 0 spiro atoms. The van der Waals surface area contributed by atoms with Crippen LogP contribution >= 0.6 is 11.8 Å². The van der Waals surface area contributed by atoms with E-state index in [1.807, 2.05) is 47.4 Å². The maximum atomic E-state index is 13.6. The molecule has 1 aliphatic heterocycles. The van der Waals surface area contributed by atoms with Gasteiger partial charge in [-0.3, -0.25) is 9.59 Å². The van der Waals surface area contributed by atoms with Gasteiger partial charge in [-0.15, -0.1) is 0 Å². The second-order valence-corrected chi connectivity index (χ2v) is 9.82. The van der Waals surface area contributed by atoms with Crippen molar-refractivity contribution < 1.29 is 19.1 Å². The summed E-state index contributed by atoms with van der Waals surface area (Å²) in [6.07, 6.45) is 6.41. The molecule has 3 N–H and O–H groups in total. The Bertz CT molecular complexity index is 1060. The van der Waals surface area contributed by atoms with Crippen LogP contribution in [0.2, 0.25) is 0 Å². The van der Waals surface area contributed by atoms with Gasteiger partial charge in [0.15, 0.2) is 23.6 Å². The largest absolute Gasteiger partial charge is 0.493 e. The molecule has 2 amide bonds. The number of primary amides is 1. The fraction of sp³-hybridized carbons (Fsp3) is 0.385. The van der Waals surface area contributed by atoms with Crippen LogP contribution in [0.1, 0.15) is 38.2 Å². The molecule has 1 saturated carbocycles. The zero-order chi connectivity index (χ0) is 24.1. The minimum absolute atomic E-state index is 0.0465. The molecule has 2 aromatic rings. The Morgan fingerprint density at radius 2 is 1.94 bits per heavy atom. The van der Waals surface area contributed by atoms with Crippen LogP contribution in [0, 0.1) is 5.92 Å². The second kappa shape index (κ2) is 10.9. The molecule has 1 aliphatic carbocycles. The average Bonchev–Trinajstić information content (AvgIpc) is 3.13. The number of rotatable bonds is 8. The number of hydrogen-bond donors (Lipinski definition) is 2. The SMILES string of the molecule is COc1cc(/C=C2\SC(Nc3ccccc3)N([C@@H]3CCCC[C@H]3C)C2=O)ccc1OCC(N)=O. The van der Waals surface area contributed by atoms with Crippen molar-refractivity contribution in [2.75, 3.05) is 19.0 Å². The number of carbonyl (C=O) groups excluding carboxylic acids is 2. The third-order valence-corrected chi connectivity index (χ3v) is 7.39. The van der Waals surface area contributed by atoms with E-state index in [0.29, 0.717) is 22.3 Å². The minimum atomic E-state index is -0.560. The summed E-state index contributed by atoms with van der Waals surface area (Å²) >= 11 is 1.54. The summed E-state index contributed by atoms with van der Waals surface area (Å²) < 4.78 is 10.8. The first kappa shape index (κ1) is 24.0. The van der Waals surface area contributed by atoms with Crippen LogP contribution in [0.4, 0.5) is 5.69 Å². The molecular formula is C26H31N3O4S. The van der Waals surface area contributed by atoms with E-state index in [2.05, 4.69) is 12.2 Å². The fourth-order valence-electron chi connectivity index (χ4n) is 4.56. The van der Waals surface area contributed by atoms with Crippen molar-refractivity contribution in [3.8, 4) is 11.5 Å². The Morgan fingerprint density at radius 3 is 2.65 bits per heavy atom. The number of anilines is 1. The van der Waals surface area contributed by atoms with Crippen LogP contribution < -0.4 is 20.5 Å². The van der Waals surface area contributed by atoms with Crippen LogP contribution in [-0.2, 0) is 9.59 Å². The Labute approximate surface area is 204 Å². The molecule has 8 heteroatoms. The van der Waals surface area contributed by atoms with Crippen molar-refractivity contribution in [1.82, 2.24) is 4.90 Å². The van der Waals surface area contributed by atoms with Gasteiger partial charge in [-0.25, -0.2) is 0 Å². The molecule has 34 heavy (non-hydrogen) atoms. The van der Waals surface area contributed by atoms with Crippen LogP contribution in [-0.4, -0.2) is 42.0 Å². The molecule has 1 heterocycles. The molecule has 1 unspecified atom stereocenters. The highest BCUT2D eigenvalue weighted by Gasteiger charge is 2.42. The van der Waals surface area contributed by atoms with Gasteiger partial charge in [-0.1, -0.05) is 55.8 Å². The molecule has 2 aliphatic rings. The first-order valence-corrected chi connectivity index (χ1v) is 12.5. The number of hydrogen-bond acceptors (Lipinski definition) is 6. The van der Waals surface area contributed by atoms with Crippen LogP contribution in [0.3, 0.4) is 0 Å². The number of para-hydroxylation sites is 1. The van der Waals surface area contributed by atoms with Gasteiger partial charge in [0.25, 0.3) is 11.8 Å². The number of methoxy groups -OCH3 is 1. The number of benzene rings is 2. The zero-order valence-electron chi connectivity index (χ0n) is 19.5. The Hall–Kier alpha value is -3.13. The van der Waals surface area contributed by atoms with Crippen molar-refractivity contribution in [1.29, 1.82) is 0 Å². The average molecular weight is 482 g/mol. The second-order valence-electron chi connectivity index (χ2n) is 8.70. The number of nitrogens with one attached hydrogen (secondary N) is 1. The summed E-state index contributed by atoms with van der Waals surface area (Å²) in [4.78, 5) is 27.4. The molecule has 3 atom stereocenters. The number of nitrogens with two attached hydrogens (primary N) is 1. The van der Waals surface area contributed by atoms with Crippen molar-refractivity contribution >= 4 is 35.3 Å². The lowest BCUT2D eigenvalue weighted by atomic mass is 9.85. The predicted octanol–water partition coefficient (Wildman–Crippen LogP) is 4.45. The smallest absolute Gasteiger partial charge is 0.262 e. The van der Waals surface area contributed by atoms with Crippen molar-refractivity contribution in [3.63, 3.8) is 0 Å². The lowest BCUT2D eigenvalue weighted by Gasteiger charge is -2.39. The molecule has 0 bridgehead atoms. The lowest BCUT2D eigenvalue weighted by Crippen LogP contribution is -2.48. The van der Waals surface area contributed by atoms with Gasteiger partial charge in [0, 0.05) is 11.7 Å². The third-order valence-electron chi connectivity index (χ3n) is 6.28. The summed E-state index contributed by atoms with van der Waals surface area (Å²) in [6.45, 7) is 2.02. The van der Waals surface area contributed by atoms with E-state index in [-0.39, 0.29) is 24.1 Å². The van der Waals surface area contributed by atoms with E-state index >= 15 is 0 Å². The topological polar surface area (TPSA) is 93.9 Å². The van der Waals surface area contributed by atoms with Crippen LogP contribution in [0.5, 0.6) is 11.5 Å². The molecule has 4 rings (SSSR count). The number of nitrogens with zero attached hydrogens (tertiary/aromatic N) is 1. The van der Waals surface area contributed by atoms with Gasteiger partial charge in [-0.05, 0) is 54.7 Å². The van der Waals surface area contributed by atoms with Crippen molar-refractivity contribution in [3.05, 3.63) is 59.0 Å². The van der Waals surface area contributed by atoms with E-state index in [1.54, 1.807) is 12.1 Å².